The number of rotatable bonds is 6. The van der Waals surface area contributed by atoms with Gasteiger partial charge in [-0.05, 0) is 65.6 Å². The molecule has 1 saturated heterocycles. The molecule has 3 rings (SSSR count). The molecule has 29 heavy (non-hydrogen) atoms. The number of thiocarbonyl (C=S) groups is 1. The van der Waals surface area contributed by atoms with E-state index in [4.69, 9.17) is 17.3 Å². The van der Waals surface area contributed by atoms with Gasteiger partial charge in [0.25, 0.3) is 5.91 Å². The van der Waals surface area contributed by atoms with E-state index in [1.165, 1.54) is 38.9 Å². The van der Waals surface area contributed by atoms with Crippen LogP contribution < -0.4 is 0 Å². The Kier molecular flexibility index (Phi) is 6.44. The highest BCUT2D eigenvalue weighted by atomic mass is 32.2. The monoisotopic (exact) mass is 427 g/mol. The number of fused-ring (bicyclic) bond motifs is 1. The van der Waals surface area contributed by atoms with Crippen molar-refractivity contribution in [1.29, 1.82) is 0 Å². The van der Waals surface area contributed by atoms with Gasteiger partial charge in [0.2, 0.25) is 0 Å². The molecule has 0 unspecified atom stereocenters. The summed E-state index contributed by atoms with van der Waals surface area (Å²) in [5.41, 5.74) is 7.03. The van der Waals surface area contributed by atoms with Gasteiger partial charge in [-0.25, -0.2) is 0 Å². The van der Waals surface area contributed by atoms with Crippen LogP contribution in [0.15, 0.2) is 29.2 Å². The Morgan fingerprint density at radius 3 is 2.62 bits per heavy atom. The molecular formula is C23H25NO3S2. The van der Waals surface area contributed by atoms with Crippen LogP contribution >= 0.6 is 24.0 Å². The third kappa shape index (κ3) is 4.54. The molecule has 0 atom stereocenters. The molecule has 1 N–H and O–H groups in total. The summed E-state index contributed by atoms with van der Waals surface area (Å²) in [5.74, 6) is -0.572. The zero-order valence-corrected chi connectivity index (χ0v) is 18.7. The van der Waals surface area contributed by atoms with Crippen LogP contribution in [0.4, 0.5) is 0 Å². The number of carboxylic acid groups (broad SMARTS) is 1. The maximum absolute atomic E-state index is 12.8. The fraction of sp³-hybridized carbons (Fsp3) is 0.348. The van der Waals surface area contributed by atoms with Crippen molar-refractivity contribution in [2.45, 2.75) is 46.5 Å². The zero-order valence-electron chi connectivity index (χ0n) is 17.1. The predicted molar refractivity (Wildman–Crippen MR) is 123 cm³/mol. The first kappa shape index (κ1) is 21.5. The van der Waals surface area contributed by atoms with Crippen molar-refractivity contribution in [2.24, 2.45) is 0 Å². The second kappa shape index (κ2) is 8.67. The van der Waals surface area contributed by atoms with E-state index in [0.29, 0.717) is 28.1 Å². The van der Waals surface area contributed by atoms with E-state index in [0.717, 1.165) is 11.1 Å². The van der Waals surface area contributed by atoms with E-state index in [-0.39, 0.29) is 12.3 Å². The first-order valence-electron chi connectivity index (χ1n) is 9.70. The fourth-order valence-electron chi connectivity index (χ4n) is 3.58. The number of carbonyl (C=O) groups excluding carboxylic acids is 1. The van der Waals surface area contributed by atoms with Gasteiger partial charge in [0.15, 0.2) is 0 Å². The van der Waals surface area contributed by atoms with E-state index in [9.17, 15) is 9.59 Å². The van der Waals surface area contributed by atoms with Crippen LogP contribution in [0.5, 0.6) is 0 Å². The van der Waals surface area contributed by atoms with Crippen LogP contribution in [-0.2, 0) is 9.59 Å². The SMILES string of the molecule is Cc1cc(/C=C2\SC(=S)N(CCCC(=O)O)C2=O)c2c(C)ccc(C(C)C)cc1-2. The lowest BCUT2D eigenvalue weighted by Crippen LogP contribution is -2.29. The highest BCUT2D eigenvalue weighted by Gasteiger charge is 2.32. The van der Waals surface area contributed by atoms with Crippen molar-refractivity contribution in [3.05, 3.63) is 51.4 Å². The number of nitrogens with zero attached hydrogens (tertiary/aromatic N) is 1. The quantitative estimate of drug-likeness (QED) is 0.480. The van der Waals surface area contributed by atoms with Gasteiger partial charge in [-0.1, -0.05) is 62.1 Å². The number of amides is 1. The third-order valence-corrected chi connectivity index (χ3v) is 6.56. The Hall–Kier alpha value is -2.18. The molecule has 0 aromatic carbocycles. The van der Waals surface area contributed by atoms with Crippen LogP contribution in [0.1, 0.15) is 54.9 Å². The van der Waals surface area contributed by atoms with Gasteiger partial charge in [0, 0.05) is 13.0 Å². The summed E-state index contributed by atoms with van der Waals surface area (Å²) in [6, 6.07) is 8.69. The van der Waals surface area contributed by atoms with Gasteiger partial charge in [0.1, 0.15) is 4.32 Å². The number of thioether (sulfide) groups is 1. The Balaban J connectivity index is 1.94. The highest BCUT2D eigenvalue weighted by Crippen LogP contribution is 2.40. The lowest BCUT2D eigenvalue weighted by atomic mass is 10.0. The molecule has 3 aliphatic rings. The van der Waals surface area contributed by atoms with Gasteiger partial charge in [-0.3, -0.25) is 14.5 Å². The second-order valence-electron chi connectivity index (χ2n) is 7.72. The summed E-state index contributed by atoms with van der Waals surface area (Å²) >= 11 is 6.65. The fourth-order valence-corrected chi connectivity index (χ4v) is 4.88. The lowest BCUT2D eigenvalue weighted by molar-refractivity contribution is -0.137. The normalized spacial score (nSPS) is 15.9. The molecule has 0 bridgehead atoms. The molecule has 0 aromatic heterocycles. The van der Waals surface area contributed by atoms with Gasteiger partial charge >= 0.3 is 5.97 Å². The van der Waals surface area contributed by atoms with Crippen LogP contribution in [0, 0.1) is 13.8 Å². The van der Waals surface area contributed by atoms with Crippen molar-refractivity contribution >= 4 is 46.3 Å². The number of carboxylic acids is 1. The number of hydrogen-bond acceptors (Lipinski definition) is 4. The van der Waals surface area contributed by atoms with Crippen molar-refractivity contribution in [3.63, 3.8) is 0 Å². The van der Waals surface area contributed by atoms with Crippen LogP contribution in [0.3, 0.4) is 0 Å². The predicted octanol–water partition coefficient (Wildman–Crippen LogP) is 5.60. The highest BCUT2D eigenvalue weighted by molar-refractivity contribution is 8.26. The van der Waals surface area contributed by atoms with E-state index in [2.05, 4.69) is 52.0 Å². The van der Waals surface area contributed by atoms with Gasteiger partial charge in [-0.2, -0.15) is 0 Å². The molecule has 0 radical (unpaired) electrons. The Morgan fingerprint density at radius 2 is 1.97 bits per heavy atom. The summed E-state index contributed by atoms with van der Waals surface area (Å²) < 4.78 is 0.489. The summed E-state index contributed by atoms with van der Waals surface area (Å²) in [6.07, 6.45) is 2.34. The minimum Gasteiger partial charge on any atom is -0.481 e. The first-order valence-corrected chi connectivity index (χ1v) is 10.9. The van der Waals surface area contributed by atoms with Crippen molar-refractivity contribution < 1.29 is 14.7 Å². The number of aryl methyl sites for hydroxylation is 2. The molecule has 6 heteroatoms. The molecule has 4 nitrogen and oxygen atoms in total. The van der Waals surface area contributed by atoms with Crippen LogP contribution in [-0.4, -0.2) is 32.7 Å². The van der Waals surface area contributed by atoms with Crippen molar-refractivity contribution in [3.8, 4) is 11.1 Å². The number of hydrogen-bond donors (Lipinski definition) is 1. The van der Waals surface area contributed by atoms with Gasteiger partial charge in [0.05, 0.1) is 4.91 Å². The minimum absolute atomic E-state index is 0.0245. The molecular weight excluding hydrogens is 402 g/mol. The van der Waals surface area contributed by atoms with Crippen LogP contribution in [0.2, 0.25) is 0 Å². The Bertz CT molecular complexity index is 994. The van der Waals surface area contributed by atoms with Gasteiger partial charge < -0.3 is 5.11 Å². The molecule has 1 fully saturated rings. The first-order chi connectivity index (χ1) is 13.7. The minimum atomic E-state index is -0.867. The van der Waals surface area contributed by atoms with E-state index in [1.54, 1.807) is 0 Å². The number of aliphatic carboxylic acids is 1. The molecule has 0 saturated carbocycles. The lowest BCUT2D eigenvalue weighted by Gasteiger charge is -2.13. The smallest absolute Gasteiger partial charge is 0.303 e. The van der Waals surface area contributed by atoms with E-state index >= 15 is 0 Å². The van der Waals surface area contributed by atoms with E-state index in [1.807, 2.05) is 6.08 Å². The molecule has 1 heterocycles. The summed E-state index contributed by atoms with van der Waals surface area (Å²) in [6.45, 7) is 8.90. The standard InChI is InChI=1S/C23H25NO3S2/c1-13(2)16-8-7-14(3)21-17(10-15(4)18(21)11-16)12-19-22(27)24(23(28)29-19)9-5-6-20(25)26/h7-8,10-13H,5-6,9H2,1-4H3,(H,25,26)/b19-12-. The van der Waals surface area contributed by atoms with E-state index < -0.39 is 5.97 Å². The topological polar surface area (TPSA) is 57.6 Å². The second-order valence-corrected chi connectivity index (χ2v) is 9.39. The summed E-state index contributed by atoms with van der Waals surface area (Å²) in [4.78, 5) is 25.7. The summed E-state index contributed by atoms with van der Waals surface area (Å²) in [7, 11) is 0. The van der Waals surface area contributed by atoms with Crippen molar-refractivity contribution in [2.75, 3.05) is 6.54 Å². The average molecular weight is 428 g/mol. The molecule has 152 valence electrons. The zero-order chi connectivity index (χ0) is 21.3. The third-order valence-electron chi connectivity index (χ3n) is 5.19. The number of carbonyl (C=O) groups is 2. The largest absolute Gasteiger partial charge is 0.481 e. The maximum Gasteiger partial charge on any atom is 0.303 e. The van der Waals surface area contributed by atoms with Crippen LogP contribution in [0.25, 0.3) is 17.2 Å². The molecule has 1 aliphatic heterocycles. The summed E-state index contributed by atoms with van der Waals surface area (Å²) in [5, 5.41) is 8.82. The van der Waals surface area contributed by atoms with Crippen molar-refractivity contribution in [1.82, 2.24) is 4.90 Å². The Morgan fingerprint density at radius 1 is 1.24 bits per heavy atom. The van der Waals surface area contributed by atoms with Gasteiger partial charge in [-0.15, -0.1) is 0 Å². The maximum atomic E-state index is 12.8. The molecule has 0 aromatic rings. The molecule has 1 amide bonds. The Labute approximate surface area is 181 Å². The molecule has 2 aliphatic carbocycles. The molecule has 0 spiro atoms. The average Bonchev–Trinajstić information content (AvgIpc) is 2.99.